The zero-order valence-corrected chi connectivity index (χ0v) is 15.5. The first-order valence-electron chi connectivity index (χ1n) is 7.97. The fourth-order valence-corrected chi connectivity index (χ4v) is 2.36. The summed E-state index contributed by atoms with van der Waals surface area (Å²) in [5, 5.41) is 23.0. The number of aliphatic hydroxyl groups is 1. The van der Waals surface area contributed by atoms with Crippen LogP contribution in [0, 0.1) is 0 Å². The number of carboxylic acid groups (broad SMARTS) is 1. The maximum atomic E-state index is 12.1. The Hall–Kier alpha value is -2.05. The number of nitrogens with zero attached hydrogens (tertiary/aromatic N) is 1. The second kappa shape index (κ2) is 13.2. The predicted octanol–water partition coefficient (Wildman–Crippen LogP) is -2.83. The molecule has 11 nitrogen and oxygen atoms in total. The molecule has 0 saturated carbocycles. The third kappa shape index (κ3) is 10.1. The molecule has 0 rings (SSSR count). The Bertz CT molecular complexity index is 500. The summed E-state index contributed by atoms with van der Waals surface area (Å²) in [5.41, 5.74) is 16.1. The minimum Gasteiger partial charge on any atom is -0.480 e. The highest BCUT2D eigenvalue weighted by Gasteiger charge is 2.27. The van der Waals surface area contributed by atoms with E-state index in [9.17, 15) is 19.5 Å². The van der Waals surface area contributed by atoms with Crippen LogP contribution in [0.25, 0.3) is 0 Å². The van der Waals surface area contributed by atoms with Crippen LogP contribution in [-0.2, 0) is 14.4 Å². The van der Waals surface area contributed by atoms with Crippen molar-refractivity contribution in [3.05, 3.63) is 0 Å². The maximum Gasteiger partial charge on any atom is 0.326 e. The normalized spacial score (nSPS) is 14.0. The van der Waals surface area contributed by atoms with Crippen LogP contribution < -0.4 is 27.8 Å². The van der Waals surface area contributed by atoms with Gasteiger partial charge in [0.1, 0.15) is 12.1 Å². The third-order valence-electron chi connectivity index (χ3n) is 3.35. The van der Waals surface area contributed by atoms with Gasteiger partial charge in [-0.25, -0.2) is 4.79 Å². The number of amides is 2. The minimum atomic E-state index is -1.29. The molecule has 3 unspecified atom stereocenters. The molecule has 26 heavy (non-hydrogen) atoms. The van der Waals surface area contributed by atoms with Crippen LogP contribution in [0.4, 0.5) is 0 Å². The van der Waals surface area contributed by atoms with Gasteiger partial charge < -0.3 is 38.0 Å². The van der Waals surface area contributed by atoms with Crippen LogP contribution in [0.15, 0.2) is 4.99 Å². The molecular weight excluding hydrogens is 364 g/mol. The highest BCUT2D eigenvalue weighted by Crippen LogP contribution is 2.02. The molecule has 10 N–H and O–H groups in total. The van der Waals surface area contributed by atoms with Crippen molar-refractivity contribution in [2.24, 2.45) is 22.2 Å². The zero-order valence-electron chi connectivity index (χ0n) is 14.7. The lowest BCUT2D eigenvalue weighted by molar-refractivity contribution is -0.142. The van der Waals surface area contributed by atoms with Crippen LogP contribution in [0.5, 0.6) is 0 Å². The average molecular weight is 392 g/mol. The number of carbonyl (C=O) groups is 3. The van der Waals surface area contributed by atoms with Gasteiger partial charge >= 0.3 is 5.97 Å². The first kappa shape index (κ1) is 23.9. The number of carbonyl (C=O) groups excluding carboxylic acids is 2. The topological polar surface area (TPSA) is 206 Å². The lowest BCUT2D eigenvalue weighted by atomic mass is 10.1. The van der Waals surface area contributed by atoms with E-state index in [1.165, 1.54) is 11.8 Å². The number of guanidine groups is 1. The van der Waals surface area contributed by atoms with E-state index in [-0.39, 0.29) is 18.8 Å². The largest absolute Gasteiger partial charge is 0.480 e. The Kier molecular flexibility index (Phi) is 12.2. The summed E-state index contributed by atoms with van der Waals surface area (Å²) >= 11 is 1.44. The molecule has 150 valence electrons. The van der Waals surface area contributed by atoms with E-state index in [0.29, 0.717) is 18.7 Å². The van der Waals surface area contributed by atoms with E-state index < -0.39 is 42.5 Å². The summed E-state index contributed by atoms with van der Waals surface area (Å²) in [7, 11) is 0. The molecular formula is C14H28N6O5S. The summed E-state index contributed by atoms with van der Waals surface area (Å²) in [5.74, 6) is -2.14. The van der Waals surface area contributed by atoms with Gasteiger partial charge in [-0.3, -0.25) is 14.6 Å². The fourth-order valence-electron chi connectivity index (χ4n) is 1.89. The Balaban J connectivity index is 4.56. The quantitative estimate of drug-likeness (QED) is 0.0977. The van der Waals surface area contributed by atoms with Crippen molar-refractivity contribution in [3.63, 3.8) is 0 Å². The molecule has 0 spiro atoms. The number of hydrogen-bond donors (Lipinski definition) is 7. The second-order valence-electron chi connectivity index (χ2n) is 5.48. The van der Waals surface area contributed by atoms with E-state index in [1.807, 2.05) is 6.26 Å². The van der Waals surface area contributed by atoms with Crippen molar-refractivity contribution in [1.29, 1.82) is 0 Å². The summed E-state index contributed by atoms with van der Waals surface area (Å²) < 4.78 is 0. The molecule has 0 aliphatic rings. The van der Waals surface area contributed by atoms with E-state index in [2.05, 4.69) is 15.6 Å². The smallest absolute Gasteiger partial charge is 0.326 e. The van der Waals surface area contributed by atoms with Crippen molar-refractivity contribution in [2.45, 2.75) is 37.4 Å². The van der Waals surface area contributed by atoms with Gasteiger partial charge in [-0.15, -0.1) is 0 Å². The molecule has 0 aliphatic heterocycles. The number of aliphatic carboxylic acids is 1. The van der Waals surface area contributed by atoms with Crippen molar-refractivity contribution in [1.82, 2.24) is 10.6 Å². The molecule has 0 radical (unpaired) electrons. The van der Waals surface area contributed by atoms with Crippen LogP contribution in [0.2, 0.25) is 0 Å². The van der Waals surface area contributed by atoms with E-state index in [1.54, 1.807) is 0 Å². The van der Waals surface area contributed by atoms with Gasteiger partial charge in [0.05, 0.1) is 12.6 Å². The van der Waals surface area contributed by atoms with Crippen molar-refractivity contribution in [3.8, 4) is 0 Å². The monoisotopic (exact) mass is 392 g/mol. The SMILES string of the molecule is CSCCC(NC(=O)C(CO)NC(=O)C(N)CCCN=C(N)N)C(=O)O. The number of aliphatic imine (C=N–C) groups is 1. The molecule has 0 aliphatic carbocycles. The molecule has 12 heteroatoms. The van der Waals surface area contributed by atoms with Crippen LogP contribution in [-0.4, -0.2) is 77.2 Å². The first-order chi connectivity index (χ1) is 12.2. The van der Waals surface area contributed by atoms with Gasteiger partial charge in [0.25, 0.3) is 0 Å². The molecule has 3 atom stereocenters. The molecule has 0 aromatic rings. The van der Waals surface area contributed by atoms with Crippen molar-refractivity contribution < 1.29 is 24.6 Å². The fraction of sp³-hybridized carbons (Fsp3) is 0.714. The van der Waals surface area contributed by atoms with Crippen LogP contribution in [0.1, 0.15) is 19.3 Å². The summed E-state index contributed by atoms with van der Waals surface area (Å²) in [6.45, 7) is -0.379. The number of rotatable bonds is 13. The zero-order chi connectivity index (χ0) is 20.1. The standard InChI is InChI=1S/C14H28N6O5S/c1-26-6-4-9(13(24)25)19-12(23)10(7-21)20-11(22)8(15)3-2-5-18-14(16)17/h8-10,21H,2-7,15H2,1H3,(H,19,23)(H,20,22)(H,24,25)(H4,16,17,18). The molecule has 0 fully saturated rings. The lowest BCUT2D eigenvalue weighted by Crippen LogP contribution is -2.55. The minimum absolute atomic E-state index is 0.0607. The average Bonchev–Trinajstić information content (AvgIpc) is 2.58. The van der Waals surface area contributed by atoms with Gasteiger partial charge in [0.2, 0.25) is 11.8 Å². The molecule has 0 aromatic carbocycles. The molecule has 0 heterocycles. The molecule has 0 aromatic heterocycles. The molecule has 0 saturated heterocycles. The Morgan fingerprint density at radius 2 is 1.73 bits per heavy atom. The number of thioether (sulfide) groups is 1. The van der Waals surface area contributed by atoms with Gasteiger partial charge in [-0.2, -0.15) is 11.8 Å². The van der Waals surface area contributed by atoms with Gasteiger partial charge in [0.15, 0.2) is 5.96 Å². The van der Waals surface area contributed by atoms with E-state index >= 15 is 0 Å². The maximum absolute atomic E-state index is 12.1. The van der Waals surface area contributed by atoms with E-state index in [4.69, 9.17) is 22.3 Å². The summed E-state index contributed by atoms with van der Waals surface area (Å²) in [4.78, 5) is 39.0. The number of aliphatic hydroxyl groups excluding tert-OH is 1. The number of nitrogens with one attached hydrogen (secondary N) is 2. The summed E-state index contributed by atoms with van der Waals surface area (Å²) in [6.07, 6.45) is 2.76. The predicted molar refractivity (Wildman–Crippen MR) is 99.5 cm³/mol. The Morgan fingerprint density at radius 1 is 1.12 bits per heavy atom. The highest BCUT2D eigenvalue weighted by atomic mass is 32.2. The Morgan fingerprint density at radius 3 is 2.23 bits per heavy atom. The molecule has 0 bridgehead atoms. The Labute approximate surface area is 156 Å². The molecule has 2 amide bonds. The summed E-state index contributed by atoms with van der Waals surface area (Å²) in [6, 6.07) is -3.31. The number of carboxylic acids is 1. The van der Waals surface area contributed by atoms with Crippen LogP contribution >= 0.6 is 11.8 Å². The second-order valence-corrected chi connectivity index (χ2v) is 6.47. The first-order valence-corrected chi connectivity index (χ1v) is 9.36. The van der Waals surface area contributed by atoms with Gasteiger partial charge in [-0.05, 0) is 31.3 Å². The van der Waals surface area contributed by atoms with Gasteiger partial charge in [-0.1, -0.05) is 0 Å². The highest BCUT2D eigenvalue weighted by molar-refractivity contribution is 7.98. The number of nitrogens with two attached hydrogens (primary N) is 3. The van der Waals surface area contributed by atoms with E-state index in [0.717, 1.165) is 0 Å². The van der Waals surface area contributed by atoms with Gasteiger partial charge in [0, 0.05) is 6.54 Å². The van der Waals surface area contributed by atoms with Crippen molar-refractivity contribution in [2.75, 3.05) is 25.2 Å². The third-order valence-corrected chi connectivity index (χ3v) is 3.99. The lowest BCUT2D eigenvalue weighted by Gasteiger charge is -2.21. The number of hydrogen-bond acceptors (Lipinski definition) is 7. The van der Waals surface area contributed by atoms with Crippen LogP contribution in [0.3, 0.4) is 0 Å². The van der Waals surface area contributed by atoms with Crippen molar-refractivity contribution >= 4 is 35.5 Å².